The van der Waals surface area contributed by atoms with Gasteiger partial charge in [0.25, 0.3) is 0 Å². The largest absolute Gasteiger partial charge is 0.492 e. The zero-order valence-electron chi connectivity index (χ0n) is 26.6. The molecule has 0 bridgehead atoms. The fourth-order valence-electron chi connectivity index (χ4n) is 6.64. The van der Waals surface area contributed by atoms with Crippen molar-refractivity contribution < 1.29 is 38.5 Å². The van der Waals surface area contributed by atoms with Gasteiger partial charge in [-0.1, -0.05) is 42.5 Å². The molecule has 3 aliphatic heterocycles. The zero-order valence-corrected chi connectivity index (χ0v) is 26.6. The molecule has 0 spiro atoms. The van der Waals surface area contributed by atoms with Crippen molar-refractivity contribution in [1.29, 1.82) is 0 Å². The summed E-state index contributed by atoms with van der Waals surface area (Å²) >= 11 is 0. The summed E-state index contributed by atoms with van der Waals surface area (Å²) in [7, 11) is 0. The van der Waals surface area contributed by atoms with Gasteiger partial charge >= 0.3 is 12.1 Å². The molecule has 0 saturated carbocycles. The maximum absolute atomic E-state index is 13.5. The Kier molecular flexibility index (Phi) is 12.3. The molecule has 0 radical (unpaired) electrons. The first-order valence-corrected chi connectivity index (χ1v) is 16.4. The molecule has 3 heterocycles. The predicted octanol–water partition coefficient (Wildman–Crippen LogP) is 2.41. The van der Waals surface area contributed by atoms with E-state index in [4.69, 9.17) is 19.3 Å². The van der Waals surface area contributed by atoms with Gasteiger partial charge in [0.1, 0.15) is 19.0 Å². The van der Waals surface area contributed by atoms with Gasteiger partial charge in [-0.15, -0.1) is 0 Å². The SMILES string of the molecule is O=C(O)NCCOCCC(=O)NCCOc1cccc(C(c2ccccc2)C2CCN(C(=O)N3CC[C@@H]4OCC(=O)N[C@@H]4C3)CC2)c1. The van der Waals surface area contributed by atoms with Crippen LogP contribution in [-0.2, 0) is 19.1 Å². The summed E-state index contributed by atoms with van der Waals surface area (Å²) in [5, 5.41) is 16.5. The molecule has 4 N–H and O–H groups in total. The highest BCUT2D eigenvalue weighted by atomic mass is 16.5. The van der Waals surface area contributed by atoms with Gasteiger partial charge in [0.15, 0.2) is 0 Å². The number of rotatable bonds is 13. The lowest BCUT2D eigenvalue weighted by atomic mass is 9.76. The maximum atomic E-state index is 13.5. The van der Waals surface area contributed by atoms with Crippen molar-refractivity contribution in [3.05, 3.63) is 65.7 Å². The number of carboxylic acid groups (broad SMARTS) is 1. The Morgan fingerprint density at radius 3 is 2.45 bits per heavy atom. The zero-order chi connectivity index (χ0) is 33.0. The minimum atomic E-state index is -1.11. The van der Waals surface area contributed by atoms with Crippen molar-refractivity contribution in [2.45, 2.75) is 43.7 Å². The van der Waals surface area contributed by atoms with Gasteiger partial charge in [0.05, 0.1) is 31.9 Å². The van der Waals surface area contributed by atoms with Gasteiger partial charge in [-0.2, -0.15) is 0 Å². The van der Waals surface area contributed by atoms with Crippen LogP contribution in [0.4, 0.5) is 9.59 Å². The van der Waals surface area contributed by atoms with Crippen LogP contribution in [0.25, 0.3) is 0 Å². The van der Waals surface area contributed by atoms with E-state index in [2.05, 4.69) is 52.3 Å². The number of nitrogens with zero attached hydrogens (tertiary/aromatic N) is 2. The first-order chi connectivity index (χ1) is 22.9. The fourth-order valence-corrected chi connectivity index (χ4v) is 6.64. The predicted molar refractivity (Wildman–Crippen MR) is 172 cm³/mol. The van der Waals surface area contributed by atoms with Crippen LogP contribution in [0.3, 0.4) is 0 Å². The highest BCUT2D eigenvalue weighted by molar-refractivity contribution is 5.79. The van der Waals surface area contributed by atoms with Crippen molar-refractivity contribution >= 4 is 23.9 Å². The summed E-state index contributed by atoms with van der Waals surface area (Å²) in [6, 6.07) is 18.4. The minimum absolute atomic E-state index is 0.0278. The van der Waals surface area contributed by atoms with E-state index in [-0.39, 0.29) is 68.7 Å². The van der Waals surface area contributed by atoms with Gasteiger partial charge in [-0.25, -0.2) is 9.59 Å². The molecule has 3 aliphatic rings. The Bertz CT molecular complexity index is 1350. The lowest BCUT2D eigenvalue weighted by Gasteiger charge is -2.44. The van der Waals surface area contributed by atoms with E-state index in [1.54, 1.807) is 0 Å². The monoisotopic (exact) mass is 651 g/mol. The number of likely N-dealkylation sites (tertiary alicyclic amines) is 2. The van der Waals surface area contributed by atoms with Gasteiger partial charge < -0.3 is 45.1 Å². The molecule has 5 rings (SSSR count). The van der Waals surface area contributed by atoms with Crippen LogP contribution in [0.5, 0.6) is 5.75 Å². The number of piperidine rings is 2. The topological polar surface area (TPSA) is 159 Å². The van der Waals surface area contributed by atoms with Crippen LogP contribution in [0.2, 0.25) is 0 Å². The molecule has 1 unspecified atom stereocenters. The number of carbonyl (C=O) groups is 4. The van der Waals surface area contributed by atoms with Crippen LogP contribution >= 0.6 is 0 Å². The Morgan fingerprint density at radius 2 is 1.66 bits per heavy atom. The number of amides is 5. The van der Waals surface area contributed by atoms with Crippen LogP contribution < -0.4 is 20.7 Å². The number of ether oxygens (including phenoxy) is 3. The number of nitrogens with one attached hydrogen (secondary N) is 3. The van der Waals surface area contributed by atoms with Crippen LogP contribution in [0, 0.1) is 5.92 Å². The number of fused-ring (bicyclic) bond motifs is 1. The number of morpholine rings is 1. The Balaban J connectivity index is 1.11. The van der Waals surface area contributed by atoms with E-state index in [9.17, 15) is 19.2 Å². The number of hydrogen-bond acceptors (Lipinski definition) is 7. The van der Waals surface area contributed by atoms with Gasteiger partial charge in [0, 0.05) is 45.1 Å². The maximum Gasteiger partial charge on any atom is 0.404 e. The summed E-state index contributed by atoms with van der Waals surface area (Å²) in [6.07, 6.45) is 1.49. The van der Waals surface area contributed by atoms with E-state index < -0.39 is 6.09 Å². The molecule has 3 saturated heterocycles. The third kappa shape index (κ3) is 9.82. The molecule has 2 aromatic rings. The molecular weight excluding hydrogens is 606 g/mol. The molecule has 3 atom stereocenters. The van der Waals surface area contributed by atoms with E-state index >= 15 is 0 Å². The second-order valence-electron chi connectivity index (χ2n) is 12.1. The van der Waals surface area contributed by atoms with E-state index in [1.807, 2.05) is 28.0 Å². The first kappa shape index (κ1) is 34.0. The normalized spacial score (nSPS) is 20.5. The van der Waals surface area contributed by atoms with Gasteiger partial charge in [-0.3, -0.25) is 9.59 Å². The standard InChI is InChI=1S/C34H45N5O8/c40-30(12-18-45-19-13-36-33(42)43)35-14-20-46-27-8-4-7-26(21-27)32(24-5-2-1-3-6-24)25-9-15-38(16-10-25)34(44)39-17-11-29-28(22-39)37-31(41)23-47-29/h1-8,21,25,28-29,32,36H,9-20,22-23H2,(H,35,40)(H,37,41)(H,42,43)/t28-,29+,32?/m1/s1. The smallest absolute Gasteiger partial charge is 0.404 e. The van der Waals surface area contributed by atoms with Crippen LogP contribution in [0.1, 0.15) is 42.7 Å². The van der Waals surface area contributed by atoms with Crippen molar-refractivity contribution in [2.24, 2.45) is 5.92 Å². The van der Waals surface area contributed by atoms with E-state index in [0.29, 0.717) is 45.2 Å². The van der Waals surface area contributed by atoms with Gasteiger partial charge in [-0.05, 0) is 48.4 Å². The highest BCUT2D eigenvalue weighted by Gasteiger charge is 2.38. The molecule has 13 heteroatoms. The molecule has 5 amide bonds. The summed E-state index contributed by atoms with van der Waals surface area (Å²) in [6.45, 7) is 3.76. The molecule has 0 aliphatic carbocycles. The Morgan fingerprint density at radius 1 is 0.915 bits per heavy atom. The average molecular weight is 652 g/mol. The van der Waals surface area contributed by atoms with Crippen LogP contribution in [0.15, 0.2) is 54.6 Å². The number of carbonyl (C=O) groups excluding carboxylic acids is 3. The van der Waals surface area contributed by atoms with Crippen LogP contribution in [-0.4, -0.2) is 117 Å². The van der Waals surface area contributed by atoms with Crippen molar-refractivity contribution in [3.63, 3.8) is 0 Å². The minimum Gasteiger partial charge on any atom is -0.492 e. The molecule has 0 aromatic heterocycles. The van der Waals surface area contributed by atoms with Crippen molar-refractivity contribution in [2.75, 3.05) is 65.7 Å². The molecule has 254 valence electrons. The first-order valence-electron chi connectivity index (χ1n) is 16.4. The highest BCUT2D eigenvalue weighted by Crippen LogP contribution is 2.39. The van der Waals surface area contributed by atoms with Crippen molar-refractivity contribution in [3.8, 4) is 5.75 Å². The van der Waals surface area contributed by atoms with Gasteiger partial charge in [0.2, 0.25) is 11.8 Å². The number of urea groups is 1. The number of benzene rings is 2. The molecular formula is C34H45N5O8. The fraction of sp³-hybridized carbons (Fsp3) is 0.529. The summed E-state index contributed by atoms with van der Waals surface area (Å²) in [5.74, 6) is 0.893. The summed E-state index contributed by atoms with van der Waals surface area (Å²) in [5.41, 5.74) is 2.37. The average Bonchev–Trinajstić information content (AvgIpc) is 3.08. The van der Waals surface area contributed by atoms with E-state index in [0.717, 1.165) is 30.6 Å². The lowest BCUT2D eigenvalue weighted by Crippen LogP contribution is -2.62. The third-order valence-electron chi connectivity index (χ3n) is 8.94. The third-order valence-corrected chi connectivity index (χ3v) is 8.94. The molecule has 13 nitrogen and oxygen atoms in total. The number of hydrogen-bond donors (Lipinski definition) is 4. The Hall–Kier alpha value is -4.36. The lowest BCUT2D eigenvalue weighted by molar-refractivity contribution is -0.139. The Labute approximate surface area is 274 Å². The van der Waals surface area contributed by atoms with E-state index in [1.165, 1.54) is 5.56 Å². The van der Waals surface area contributed by atoms with Crippen molar-refractivity contribution in [1.82, 2.24) is 25.8 Å². The summed E-state index contributed by atoms with van der Waals surface area (Å²) in [4.78, 5) is 51.6. The molecule has 3 fully saturated rings. The molecule has 47 heavy (non-hydrogen) atoms. The summed E-state index contributed by atoms with van der Waals surface area (Å²) < 4.78 is 16.9. The quantitative estimate of drug-likeness (QED) is 0.241. The molecule has 2 aromatic carbocycles. The second-order valence-corrected chi connectivity index (χ2v) is 12.1. The second kappa shape index (κ2) is 17.0.